The van der Waals surface area contributed by atoms with E-state index in [1.165, 1.54) is 0 Å². The van der Waals surface area contributed by atoms with Gasteiger partial charge in [0.05, 0.1) is 0 Å². The summed E-state index contributed by atoms with van der Waals surface area (Å²) in [6.07, 6.45) is 0. The van der Waals surface area contributed by atoms with Crippen LogP contribution in [0, 0.1) is 0 Å². The van der Waals surface area contributed by atoms with E-state index in [0.29, 0.717) is 22.9 Å². The summed E-state index contributed by atoms with van der Waals surface area (Å²) in [6.45, 7) is 4.66. The van der Waals surface area contributed by atoms with E-state index in [9.17, 15) is 4.79 Å². The van der Waals surface area contributed by atoms with Gasteiger partial charge in [0.1, 0.15) is 5.58 Å². The lowest BCUT2D eigenvalue weighted by molar-refractivity contribution is 0.0894. The zero-order valence-electron chi connectivity index (χ0n) is 12.2. The Morgan fingerprint density at radius 2 is 2.05 bits per heavy atom. The maximum Gasteiger partial charge on any atom is 0.287 e. The molecule has 2 aromatic rings. The molecule has 0 fully saturated rings. The second-order valence-corrected chi connectivity index (χ2v) is 6.12. The number of benzene rings is 1. The van der Waals surface area contributed by atoms with E-state index >= 15 is 0 Å². The molecule has 2 rings (SSSR count). The summed E-state index contributed by atoms with van der Waals surface area (Å²) < 4.78 is 5.53. The highest BCUT2D eigenvalue weighted by molar-refractivity contribution is 6.31. The maximum absolute atomic E-state index is 12.1. The summed E-state index contributed by atoms with van der Waals surface area (Å²) >= 11 is 5.92. The average Bonchev–Trinajstić information content (AvgIpc) is 2.78. The van der Waals surface area contributed by atoms with Crippen molar-refractivity contribution in [2.75, 3.05) is 20.6 Å². The van der Waals surface area contributed by atoms with E-state index in [2.05, 4.69) is 24.1 Å². The van der Waals surface area contributed by atoms with Crippen LogP contribution in [0.5, 0.6) is 0 Å². The molecule has 0 aliphatic rings. The van der Waals surface area contributed by atoms with Crippen molar-refractivity contribution >= 4 is 28.5 Å². The molecule has 0 spiro atoms. The highest BCUT2D eigenvalue weighted by Crippen LogP contribution is 2.23. The summed E-state index contributed by atoms with van der Waals surface area (Å²) in [7, 11) is 3.96. The molecule has 0 unspecified atom stereocenters. The van der Waals surface area contributed by atoms with Crippen LogP contribution >= 0.6 is 11.6 Å². The molecule has 0 aliphatic heterocycles. The molecule has 0 saturated carbocycles. The zero-order valence-corrected chi connectivity index (χ0v) is 12.9. The van der Waals surface area contributed by atoms with Gasteiger partial charge in [-0.1, -0.05) is 11.6 Å². The Morgan fingerprint density at radius 3 is 2.70 bits per heavy atom. The lowest BCUT2D eigenvalue weighted by atomic mass is 10.0. The van der Waals surface area contributed by atoms with Crippen molar-refractivity contribution in [3.8, 4) is 0 Å². The number of hydrogen-bond acceptors (Lipinski definition) is 3. The van der Waals surface area contributed by atoms with Gasteiger partial charge in [0.2, 0.25) is 0 Å². The van der Waals surface area contributed by atoms with Crippen molar-refractivity contribution in [1.82, 2.24) is 10.2 Å². The molecule has 1 amide bonds. The van der Waals surface area contributed by atoms with Crippen LogP contribution in [-0.4, -0.2) is 37.0 Å². The molecule has 0 radical (unpaired) electrons. The fourth-order valence-electron chi connectivity index (χ4n) is 1.67. The van der Waals surface area contributed by atoms with Gasteiger partial charge in [-0.05, 0) is 52.2 Å². The number of rotatable bonds is 4. The predicted molar refractivity (Wildman–Crippen MR) is 81.3 cm³/mol. The van der Waals surface area contributed by atoms with Gasteiger partial charge in [-0.2, -0.15) is 0 Å². The maximum atomic E-state index is 12.1. The van der Waals surface area contributed by atoms with Gasteiger partial charge in [0.25, 0.3) is 5.91 Å². The number of carbonyl (C=O) groups excluding carboxylic acids is 1. The highest BCUT2D eigenvalue weighted by atomic mass is 35.5. The molecule has 0 atom stereocenters. The van der Waals surface area contributed by atoms with Crippen LogP contribution in [0.15, 0.2) is 28.7 Å². The number of hydrogen-bond donors (Lipinski definition) is 1. The van der Waals surface area contributed by atoms with Gasteiger partial charge in [-0.3, -0.25) is 4.79 Å². The monoisotopic (exact) mass is 294 g/mol. The van der Waals surface area contributed by atoms with E-state index in [1.54, 1.807) is 24.3 Å². The van der Waals surface area contributed by atoms with Crippen molar-refractivity contribution in [1.29, 1.82) is 0 Å². The van der Waals surface area contributed by atoms with Crippen molar-refractivity contribution < 1.29 is 9.21 Å². The molecule has 1 aromatic carbocycles. The molecular weight excluding hydrogens is 276 g/mol. The number of furan rings is 1. The molecule has 0 aliphatic carbocycles. The highest BCUT2D eigenvalue weighted by Gasteiger charge is 2.22. The second kappa shape index (κ2) is 5.46. The van der Waals surface area contributed by atoms with Crippen LogP contribution in [0.2, 0.25) is 5.02 Å². The number of halogens is 1. The Balaban J connectivity index is 2.12. The normalized spacial score (nSPS) is 12.1. The molecule has 0 saturated heterocycles. The molecule has 0 bridgehead atoms. The first-order chi connectivity index (χ1) is 9.29. The third kappa shape index (κ3) is 3.14. The molecule has 1 aromatic heterocycles. The molecule has 4 nitrogen and oxygen atoms in total. The summed E-state index contributed by atoms with van der Waals surface area (Å²) in [5.74, 6) is 0.0871. The first-order valence-electron chi connectivity index (χ1n) is 6.44. The van der Waals surface area contributed by atoms with Gasteiger partial charge < -0.3 is 14.6 Å². The minimum Gasteiger partial charge on any atom is -0.451 e. The quantitative estimate of drug-likeness (QED) is 0.942. The smallest absolute Gasteiger partial charge is 0.287 e. The largest absolute Gasteiger partial charge is 0.451 e. The van der Waals surface area contributed by atoms with Crippen LogP contribution in [0.1, 0.15) is 24.4 Å². The lowest BCUT2D eigenvalue weighted by Gasteiger charge is -2.32. The Labute approximate surface area is 123 Å². The molecule has 5 heteroatoms. The molecule has 20 heavy (non-hydrogen) atoms. The number of nitrogens with one attached hydrogen (secondary N) is 1. The molecule has 1 heterocycles. The summed E-state index contributed by atoms with van der Waals surface area (Å²) in [5.41, 5.74) is 0.539. The minimum absolute atomic E-state index is 0.120. The second-order valence-electron chi connectivity index (χ2n) is 5.68. The van der Waals surface area contributed by atoms with Crippen LogP contribution < -0.4 is 5.32 Å². The first-order valence-corrected chi connectivity index (χ1v) is 6.82. The summed E-state index contributed by atoms with van der Waals surface area (Å²) in [6, 6.07) is 6.99. The number of amides is 1. The van der Waals surface area contributed by atoms with Gasteiger partial charge in [0, 0.05) is 22.5 Å². The van der Waals surface area contributed by atoms with Crippen LogP contribution in [0.4, 0.5) is 0 Å². The fourth-order valence-corrected chi connectivity index (χ4v) is 1.85. The number of nitrogens with zero attached hydrogens (tertiary/aromatic N) is 1. The molecular formula is C15H19ClN2O2. The predicted octanol–water partition coefficient (Wildman–Crippen LogP) is 3.16. The average molecular weight is 295 g/mol. The number of fused-ring (bicyclic) bond motifs is 1. The van der Waals surface area contributed by atoms with Gasteiger partial charge in [-0.25, -0.2) is 0 Å². The number of likely N-dealkylation sites (N-methyl/N-ethyl adjacent to an activating group) is 1. The van der Waals surface area contributed by atoms with Crippen LogP contribution in [-0.2, 0) is 0 Å². The Morgan fingerprint density at radius 1 is 1.35 bits per heavy atom. The van der Waals surface area contributed by atoms with Gasteiger partial charge >= 0.3 is 0 Å². The van der Waals surface area contributed by atoms with E-state index in [0.717, 1.165) is 5.39 Å². The fraction of sp³-hybridized carbons (Fsp3) is 0.400. The van der Waals surface area contributed by atoms with Crippen molar-refractivity contribution in [2.24, 2.45) is 0 Å². The Bertz CT molecular complexity index is 632. The zero-order chi connectivity index (χ0) is 14.9. The molecule has 108 valence electrons. The molecule has 1 N–H and O–H groups in total. The van der Waals surface area contributed by atoms with Crippen molar-refractivity contribution in [2.45, 2.75) is 19.4 Å². The van der Waals surface area contributed by atoms with E-state index in [1.807, 2.05) is 14.1 Å². The van der Waals surface area contributed by atoms with E-state index < -0.39 is 0 Å². The van der Waals surface area contributed by atoms with Crippen molar-refractivity contribution in [3.63, 3.8) is 0 Å². The minimum atomic E-state index is -0.216. The topological polar surface area (TPSA) is 45.5 Å². The SMILES string of the molecule is CN(C)C(C)(C)CNC(=O)c1cc2cc(Cl)ccc2o1. The van der Waals surface area contributed by atoms with E-state index in [4.69, 9.17) is 16.0 Å². The van der Waals surface area contributed by atoms with Crippen LogP contribution in [0.25, 0.3) is 11.0 Å². The first kappa shape index (κ1) is 14.9. The number of carbonyl (C=O) groups is 1. The van der Waals surface area contributed by atoms with Gasteiger partial charge in [-0.15, -0.1) is 0 Å². The van der Waals surface area contributed by atoms with E-state index in [-0.39, 0.29) is 11.4 Å². The Kier molecular flexibility index (Phi) is 4.06. The van der Waals surface area contributed by atoms with Gasteiger partial charge in [0.15, 0.2) is 5.76 Å². The van der Waals surface area contributed by atoms with Crippen molar-refractivity contribution in [3.05, 3.63) is 35.0 Å². The Hall–Kier alpha value is -1.52. The standard InChI is InChI=1S/C15H19ClN2O2/c1-15(2,18(3)4)9-17-14(19)13-8-10-7-11(16)5-6-12(10)20-13/h5-8H,9H2,1-4H3,(H,17,19). The van der Waals surface area contributed by atoms with Crippen LogP contribution in [0.3, 0.4) is 0 Å². The lowest BCUT2D eigenvalue weighted by Crippen LogP contribution is -2.48. The summed E-state index contributed by atoms with van der Waals surface area (Å²) in [5, 5.41) is 4.34. The third-order valence-electron chi connectivity index (χ3n) is 3.59. The third-order valence-corrected chi connectivity index (χ3v) is 3.83. The summed E-state index contributed by atoms with van der Waals surface area (Å²) in [4.78, 5) is 14.2.